The summed E-state index contributed by atoms with van der Waals surface area (Å²) in [5, 5.41) is 1.78. The monoisotopic (exact) mass is 518 g/mol. The fourth-order valence-electron chi connectivity index (χ4n) is 5.58. The number of aryl methyl sites for hydroxylation is 1. The van der Waals surface area contributed by atoms with Crippen molar-refractivity contribution in [3.8, 4) is 17.2 Å². The Hall–Kier alpha value is -5.11. The van der Waals surface area contributed by atoms with Gasteiger partial charge >= 0.3 is 5.97 Å². The molecular formula is C31H22N2O6. The summed E-state index contributed by atoms with van der Waals surface area (Å²) in [6.45, 7) is 0. The summed E-state index contributed by atoms with van der Waals surface area (Å²) in [6, 6.07) is 18.3. The maximum Gasteiger partial charge on any atom is 0.312 e. The lowest BCUT2D eigenvalue weighted by atomic mass is 9.85. The molecule has 0 radical (unpaired) electrons. The number of H-pyrrole nitrogens is 1. The molecule has 8 heteroatoms. The molecule has 2 aliphatic heterocycles. The fourth-order valence-corrected chi connectivity index (χ4v) is 5.58. The highest BCUT2D eigenvalue weighted by Gasteiger charge is 2.39. The van der Waals surface area contributed by atoms with Gasteiger partial charge in [-0.1, -0.05) is 18.2 Å². The van der Waals surface area contributed by atoms with Gasteiger partial charge in [-0.2, -0.15) is 0 Å². The Morgan fingerprint density at radius 3 is 2.72 bits per heavy atom. The van der Waals surface area contributed by atoms with Gasteiger partial charge in [0.25, 0.3) is 5.56 Å². The lowest BCUT2D eigenvalue weighted by Crippen LogP contribution is -2.26. The number of aromatic nitrogens is 2. The second-order valence-corrected chi connectivity index (χ2v) is 9.74. The average Bonchev–Trinajstić information content (AvgIpc) is 3.43. The first-order chi connectivity index (χ1) is 18.9. The first-order valence-corrected chi connectivity index (χ1v) is 12.5. The van der Waals surface area contributed by atoms with Crippen LogP contribution in [-0.2, 0) is 11.8 Å². The van der Waals surface area contributed by atoms with E-state index in [0.717, 1.165) is 21.9 Å². The Labute approximate surface area is 222 Å². The standard InChI is InChI=1S/C31H22N2O6/c1-33-15-17(19-5-3-4-6-24(19)33)12-26-29(35)20-9-10-25-28(30(20)39-26)21(14-27(34)38-25)22-11-16-7-8-18(37-2)13-23(16)32-31(22)36/h3-13,15,21H,14H2,1-2H3,(H,32,36)/b26-12-. The number of pyridine rings is 1. The molecule has 2 aliphatic rings. The van der Waals surface area contributed by atoms with E-state index in [2.05, 4.69) is 4.98 Å². The lowest BCUT2D eigenvalue weighted by molar-refractivity contribution is -0.135. The number of ketones is 1. The molecule has 0 fully saturated rings. The smallest absolute Gasteiger partial charge is 0.312 e. The number of fused-ring (bicyclic) bond motifs is 5. The van der Waals surface area contributed by atoms with Crippen LogP contribution in [0.2, 0.25) is 0 Å². The molecule has 39 heavy (non-hydrogen) atoms. The Kier molecular flexibility index (Phi) is 5.00. The molecule has 1 unspecified atom stereocenters. The summed E-state index contributed by atoms with van der Waals surface area (Å²) in [4.78, 5) is 42.2. The number of carbonyl (C=O) groups is 2. The maximum atomic E-state index is 13.5. The van der Waals surface area contributed by atoms with Gasteiger partial charge in [0, 0.05) is 52.8 Å². The van der Waals surface area contributed by atoms with Crippen LogP contribution in [0.25, 0.3) is 27.9 Å². The normalized spacial score (nSPS) is 17.3. The molecule has 1 atom stereocenters. The summed E-state index contributed by atoms with van der Waals surface area (Å²) < 4.78 is 19.0. The summed E-state index contributed by atoms with van der Waals surface area (Å²) in [5.74, 6) is 0.00128. The molecular weight excluding hydrogens is 496 g/mol. The van der Waals surface area contributed by atoms with Crippen LogP contribution < -0.4 is 19.8 Å². The molecule has 2 aromatic heterocycles. The fraction of sp³-hybridized carbons (Fsp3) is 0.129. The van der Waals surface area contributed by atoms with Crippen LogP contribution in [0.3, 0.4) is 0 Å². The van der Waals surface area contributed by atoms with Gasteiger partial charge in [0.15, 0.2) is 5.76 Å². The van der Waals surface area contributed by atoms with E-state index in [1.54, 1.807) is 43.5 Å². The molecule has 192 valence electrons. The van der Waals surface area contributed by atoms with Gasteiger partial charge in [0.2, 0.25) is 5.78 Å². The van der Waals surface area contributed by atoms with Crippen LogP contribution >= 0.6 is 0 Å². The number of hydrogen-bond donors (Lipinski definition) is 1. The molecule has 0 amide bonds. The van der Waals surface area contributed by atoms with Crippen molar-refractivity contribution in [1.82, 2.24) is 9.55 Å². The van der Waals surface area contributed by atoms with Gasteiger partial charge in [0.1, 0.15) is 17.2 Å². The summed E-state index contributed by atoms with van der Waals surface area (Å²) >= 11 is 0. The Balaban J connectivity index is 1.36. The van der Waals surface area contributed by atoms with E-state index in [9.17, 15) is 14.4 Å². The van der Waals surface area contributed by atoms with Crippen LogP contribution in [0.4, 0.5) is 0 Å². The zero-order valence-corrected chi connectivity index (χ0v) is 21.1. The number of benzene rings is 3. The number of nitrogens with zero attached hydrogens (tertiary/aromatic N) is 1. The third-order valence-electron chi connectivity index (χ3n) is 7.45. The number of ether oxygens (including phenoxy) is 3. The second-order valence-electron chi connectivity index (χ2n) is 9.74. The number of rotatable bonds is 3. The Morgan fingerprint density at radius 2 is 1.87 bits per heavy atom. The van der Waals surface area contributed by atoms with Crippen LogP contribution in [0.1, 0.15) is 39.4 Å². The molecule has 5 aromatic rings. The Morgan fingerprint density at radius 1 is 1.03 bits per heavy atom. The zero-order chi connectivity index (χ0) is 26.8. The van der Waals surface area contributed by atoms with Gasteiger partial charge < -0.3 is 23.8 Å². The molecule has 3 aromatic carbocycles. The van der Waals surface area contributed by atoms with Crippen molar-refractivity contribution in [2.45, 2.75) is 12.3 Å². The molecule has 0 bridgehead atoms. The van der Waals surface area contributed by atoms with E-state index in [1.807, 2.05) is 48.1 Å². The molecule has 0 saturated carbocycles. The van der Waals surface area contributed by atoms with Crippen LogP contribution in [0, 0.1) is 0 Å². The van der Waals surface area contributed by atoms with E-state index >= 15 is 0 Å². The van der Waals surface area contributed by atoms with E-state index in [-0.39, 0.29) is 29.3 Å². The topological polar surface area (TPSA) is 99.6 Å². The Bertz CT molecular complexity index is 1960. The van der Waals surface area contributed by atoms with Crippen LogP contribution in [-0.4, -0.2) is 28.4 Å². The number of hydrogen-bond acceptors (Lipinski definition) is 6. The van der Waals surface area contributed by atoms with Crippen molar-refractivity contribution in [2.24, 2.45) is 7.05 Å². The quantitative estimate of drug-likeness (QED) is 0.203. The molecule has 0 aliphatic carbocycles. The van der Waals surface area contributed by atoms with Gasteiger partial charge in [-0.3, -0.25) is 14.4 Å². The molecule has 4 heterocycles. The first kappa shape index (κ1) is 23.0. The van der Waals surface area contributed by atoms with E-state index < -0.39 is 11.9 Å². The minimum absolute atomic E-state index is 0.0614. The van der Waals surface area contributed by atoms with Crippen molar-refractivity contribution in [3.63, 3.8) is 0 Å². The van der Waals surface area contributed by atoms with Crippen molar-refractivity contribution in [2.75, 3.05) is 7.11 Å². The van der Waals surface area contributed by atoms with Gasteiger partial charge in [-0.15, -0.1) is 0 Å². The minimum Gasteiger partial charge on any atom is -0.497 e. The van der Waals surface area contributed by atoms with Gasteiger partial charge in [-0.25, -0.2) is 0 Å². The van der Waals surface area contributed by atoms with Crippen molar-refractivity contribution < 1.29 is 23.8 Å². The lowest BCUT2D eigenvalue weighted by Gasteiger charge is -2.26. The van der Waals surface area contributed by atoms with E-state index in [0.29, 0.717) is 33.7 Å². The van der Waals surface area contributed by atoms with Crippen molar-refractivity contribution >= 4 is 39.6 Å². The number of nitrogens with one attached hydrogen (secondary N) is 1. The summed E-state index contributed by atoms with van der Waals surface area (Å²) in [5.41, 5.74) is 3.43. The highest BCUT2D eigenvalue weighted by Crippen LogP contribution is 2.48. The average molecular weight is 519 g/mol. The number of Topliss-reactive ketones (excluding diaryl/α,β-unsaturated/α-hetero) is 1. The minimum atomic E-state index is -0.656. The van der Waals surface area contributed by atoms with Gasteiger partial charge in [-0.05, 0) is 47.9 Å². The van der Waals surface area contributed by atoms with Crippen LogP contribution in [0.15, 0.2) is 77.4 Å². The largest absolute Gasteiger partial charge is 0.497 e. The predicted molar refractivity (Wildman–Crippen MR) is 146 cm³/mol. The molecule has 8 nitrogen and oxygen atoms in total. The summed E-state index contributed by atoms with van der Waals surface area (Å²) in [7, 11) is 3.51. The first-order valence-electron chi connectivity index (χ1n) is 12.5. The molecule has 1 N–H and O–H groups in total. The highest BCUT2D eigenvalue weighted by atomic mass is 16.5. The second kappa shape index (κ2) is 8.46. The number of methoxy groups -OCH3 is 1. The third-order valence-corrected chi connectivity index (χ3v) is 7.45. The SMILES string of the molecule is COc1ccc2cc(C3CC(=O)Oc4ccc5c(c43)O/C(=C\c3cn(C)c4ccccc34)C5=O)c(=O)[nH]c2c1. The molecule has 0 spiro atoms. The number of carbonyl (C=O) groups excluding carboxylic acids is 2. The third kappa shape index (κ3) is 3.56. The van der Waals surface area contributed by atoms with Crippen LogP contribution in [0.5, 0.6) is 17.2 Å². The predicted octanol–water partition coefficient (Wildman–Crippen LogP) is 5.09. The molecule has 0 saturated heterocycles. The van der Waals surface area contributed by atoms with Crippen molar-refractivity contribution in [3.05, 3.63) is 105 Å². The number of esters is 1. The number of aromatic amines is 1. The highest BCUT2D eigenvalue weighted by molar-refractivity contribution is 6.15. The maximum absolute atomic E-state index is 13.5. The van der Waals surface area contributed by atoms with Crippen molar-refractivity contribution in [1.29, 1.82) is 0 Å². The molecule has 7 rings (SSSR count). The van der Waals surface area contributed by atoms with E-state index in [1.165, 1.54) is 0 Å². The van der Waals surface area contributed by atoms with Gasteiger partial charge in [0.05, 0.1) is 24.6 Å². The van der Waals surface area contributed by atoms with E-state index in [4.69, 9.17) is 14.2 Å². The number of para-hydroxylation sites is 1. The summed E-state index contributed by atoms with van der Waals surface area (Å²) in [6.07, 6.45) is 3.62. The number of allylic oxidation sites excluding steroid dienone is 1. The zero-order valence-electron chi connectivity index (χ0n) is 21.1.